The van der Waals surface area contributed by atoms with Crippen LogP contribution in [0.2, 0.25) is 5.02 Å². The van der Waals surface area contributed by atoms with E-state index in [4.69, 9.17) is 16.3 Å². The predicted molar refractivity (Wildman–Crippen MR) is 73.1 cm³/mol. The van der Waals surface area contributed by atoms with Crippen molar-refractivity contribution < 1.29 is 9.84 Å². The molecule has 0 bridgehead atoms. The maximum absolute atomic E-state index is 9.49. The highest BCUT2D eigenvalue weighted by Gasteiger charge is 2.23. The molecule has 0 aromatic heterocycles. The van der Waals surface area contributed by atoms with Gasteiger partial charge in [0.05, 0.1) is 11.6 Å². The normalized spacial score (nSPS) is 18.6. The summed E-state index contributed by atoms with van der Waals surface area (Å²) >= 11 is 6.04. The standard InChI is InChI=1S/C14H20ClNO2/c15-13-3-1-2-4-14(13)18-10-12(9-17)11-5-7-16-8-6-11/h1-4,11-12,16-17H,5-10H2. The molecular formula is C14H20ClNO2. The average molecular weight is 270 g/mol. The molecule has 18 heavy (non-hydrogen) atoms. The van der Waals surface area contributed by atoms with E-state index in [1.165, 1.54) is 0 Å². The Labute approximate surface area is 113 Å². The first kappa shape index (κ1) is 13.7. The summed E-state index contributed by atoms with van der Waals surface area (Å²) in [6.45, 7) is 2.78. The maximum atomic E-state index is 9.49. The topological polar surface area (TPSA) is 41.5 Å². The molecule has 1 fully saturated rings. The van der Waals surface area contributed by atoms with Crippen LogP contribution in [0, 0.1) is 11.8 Å². The van der Waals surface area contributed by atoms with Crippen molar-refractivity contribution >= 4 is 11.6 Å². The summed E-state index contributed by atoms with van der Waals surface area (Å²) in [4.78, 5) is 0. The van der Waals surface area contributed by atoms with Gasteiger partial charge in [0.2, 0.25) is 0 Å². The predicted octanol–water partition coefficient (Wildman–Crippen LogP) is 2.33. The highest BCUT2D eigenvalue weighted by molar-refractivity contribution is 6.32. The summed E-state index contributed by atoms with van der Waals surface area (Å²) in [6, 6.07) is 7.46. The minimum atomic E-state index is 0.176. The molecule has 2 N–H and O–H groups in total. The zero-order chi connectivity index (χ0) is 12.8. The monoisotopic (exact) mass is 269 g/mol. The third-order valence-corrected chi connectivity index (χ3v) is 3.89. The number of para-hydroxylation sites is 1. The van der Waals surface area contributed by atoms with Gasteiger partial charge in [-0.2, -0.15) is 0 Å². The summed E-state index contributed by atoms with van der Waals surface area (Å²) in [5.74, 6) is 1.44. The number of hydrogen-bond acceptors (Lipinski definition) is 3. The number of ether oxygens (including phenoxy) is 1. The molecule has 0 aliphatic carbocycles. The lowest BCUT2D eigenvalue weighted by Gasteiger charge is -2.29. The molecule has 1 aliphatic heterocycles. The summed E-state index contributed by atoms with van der Waals surface area (Å²) in [6.07, 6.45) is 2.22. The van der Waals surface area contributed by atoms with E-state index in [0.717, 1.165) is 25.9 Å². The molecular weight excluding hydrogens is 250 g/mol. The van der Waals surface area contributed by atoms with Gasteiger partial charge in [-0.1, -0.05) is 23.7 Å². The summed E-state index contributed by atoms with van der Waals surface area (Å²) in [7, 11) is 0. The van der Waals surface area contributed by atoms with E-state index in [9.17, 15) is 5.11 Å². The van der Waals surface area contributed by atoms with Crippen LogP contribution in [0.3, 0.4) is 0 Å². The average Bonchev–Trinajstić information content (AvgIpc) is 2.42. The van der Waals surface area contributed by atoms with E-state index in [0.29, 0.717) is 23.3 Å². The minimum Gasteiger partial charge on any atom is -0.492 e. The molecule has 100 valence electrons. The van der Waals surface area contributed by atoms with Crippen molar-refractivity contribution in [3.8, 4) is 5.75 Å². The first-order valence-corrected chi connectivity index (χ1v) is 6.88. The molecule has 1 saturated heterocycles. The Bertz CT molecular complexity index is 367. The summed E-state index contributed by atoms with van der Waals surface area (Å²) in [5, 5.41) is 13.4. The van der Waals surface area contributed by atoms with Crippen molar-refractivity contribution in [3.05, 3.63) is 29.3 Å². The van der Waals surface area contributed by atoms with Crippen molar-refractivity contribution in [3.63, 3.8) is 0 Å². The van der Waals surface area contributed by atoms with Gasteiger partial charge < -0.3 is 15.2 Å². The fraction of sp³-hybridized carbons (Fsp3) is 0.571. The number of hydrogen-bond donors (Lipinski definition) is 2. The Morgan fingerprint density at radius 3 is 2.72 bits per heavy atom. The maximum Gasteiger partial charge on any atom is 0.137 e. The van der Waals surface area contributed by atoms with E-state index in [1.807, 2.05) is 24.3 Å². The highest BCUT2D eigenvalue weighted by Crippen LogP contribution is 2.26. The molecule has 1 aliphatic rings. The van der Waals surface area contributed by atoms with E-state index >= 15 is 0 Å². The molecule has 0 radical (unpaired) electrons. The Morgan fingerprint density at radius 1 is 1.33 bits per heavy atom. The first-order valence-electron chi connectivity index (χ1n) is 6.50. The van der Waals surface area contributed by atoms with Crippen molar-refractivity contribution in [2.24, 2.45) is 11.8 Å². The zero-order valence-corrected chi connectivity index (χ0v) is 11.2. The van der Waals surface area contributed by atoms with Gasteiger partial charge in [0.1, 0.15) is 5.75 Å². The zero-order valence-electron chi connectivity index (χ0n) is 10.4. The van der Waals surface area contributed by atoms with Crippen molar-refractivity contribution in [2.75, 3.05) is 26.3 Å². The van der Waals surface area contributed by atoms with Crippen LogP contribution >= 0.6 is 11.6 Å². The Morgan fingerprint density at radius 2 is 2.06 bits per heavy atom. The van der Waals surface area contributed by atoms with E-state index < -0.39 is 0 Å². The molecule has 1 heterocycles. The molecule has 2 rings (SSSR count). The molecule has 0 saturated carbocycles. The van der Waals surface area contributed by atoms with Crippen molar-refractivity contribution in [1.29, 1.82) is 0 Å². The van der Waals surface area contributed by atoms with Crippen LogP contribution in [0.4, 0.5) is 0 Å². The fourth-order valence-electron chi connectivity index (χ4n) is 2.41. The molecule has 1 unspecified atom stereocenters. The van der Waals surface area contributed by atoms with E-state index in [1.54, 1.807) is 0 Å². The van der Waals surface area contributed by atoms with Gasteiger partial charge in [-0.3, -0.25) is 0 Å². The number of piperidine rings is 1. The Balaban J connectivity index is 1.88. The lowest BCUT2D eigenvalue weighted by molar-refractivity contribution is 0.102. The minimum absolute atomic E-state index is 0.176. The highest BCUT2D eigenvalue weighted by atomic mass is 35.5. The molecule has 4 heteroatoms. The lowest BCUT2D eigenvalue weighted by Crippen LogP contribution is -2.35. The summed E-state index contributed by atoms with van der Waals surface area (Å²) < 4.78 is 5.73. The second-order valence-corrected chi connectivity index (χ2v) is 5.18. The molecule has 3 nitrogen and oxygen atoms in total. The van der Waals surface area contributed by atoms with Gasteiger partial charge >= 0.3 is 0 Å². The van der Waals surface area contributed by atoms with Crippen LogP contribution in [0.1, 0.15) is 12.8 Å². The van der Waals surface area contributed by atoms with Crippen LogP contribution in [0.5, 0.6) is 5.75 Å². The third kappa shape index (κ3) is 3.61. The number of aliphatic hydroxyl groups is 1. The van der Waals surface area contributed by atoms with Gasteiger partial charge in [-0.25, -0.2) is 0 Å². The third-order valence-electron chi connectivity index (χ3n) is 3.57. The number of nitrogens with one attached hydrogen (secondary N) is 1. The van der Waals surface area contributed by atoms with Crippen LogP contribution in [0.25, 0.3) is 0 Å². The Hall–Kier alpha value is -0.770. The quantitative estimate of drug-likeness (QED) is 0.862. The van der Waals surface area contributed by atoms with Gasteiger partial charge in [0.15, 0.2) is 0 Å². The molecule has 1 atom stereocenters. The largest absolute Gasteiger partial charge is 0.492 e. The summed E-state index contributed by atoms with van der Waals surface area (Å²) in [5.41, 5.74) is 0. The Kier molecular flexibility index (Phi) is 5.29. The first-order chi connectivity index (χ1) is 8.81. The number of benzene rings is 1. The molecule has 0 spiro atoms. The number of aliphatic hydroxyl groups excluding tert-OH is 1. The van der Waals surface area contributed by atoms with Gasteiger partial charge in [-0.05, 0) is 44.0 Å². The number of halogens is 1. The second kappa shape index (κ2) is 6.98. The SMILES string of the molecule is OCC(COc1ccccc1Cl)C1CCNCC1. The van der Waals surface area contributed by atoms with E-state index in [-0.39, 0.29) is 12.5 Å². The van der Waals surface area contributed by atoms with Crippen LogP contribution in [-0.4, -0.2) is 31.4 Å². The lowest BCUT2D eigenvalue weighted by atomic mass is 9.86. The van der Waals surface area contributed by atoms with Gasteiger partial charge in [0.25, 0.3) is 0 Å². The van der Waals surface area contributed by atoms with Crippen molar-refractivity contribution in [2.45, 2.75) is 12.8 Å². The molecule has 0 amide bonds. The number of rotatable bonds is 5. The van der Waals surface area contributed by atoms with Crippen LogP contribution in [-0.2, 0) is 0 Å². The van der Waals surface area contributed by atoms with Gasteiger partial charge in [0, 0.05) is 12.5 Å². The van der Waals surface area contributed by atoms with Gasteiger partial charge in [-0.15, -0.1) is 0 Å². The molecule has 1 aromatic carbocycles. The van der Waals surface area contributed by atoms with Crippen molar-refractivity contribution in [1.82, 2.24) is 5.32 Å². The molecule has 1 aromatic rings. The fourth-order valence-corrected chi connectivity index (χ4v) is 2.60. The smallest absolute Gasteiger partial charge is 0.137 e. The van der Waals surface area contributed by atoms with E-state index in [2.05, 4.69) is 5.32 Å². The van der Waals surface area contributed by atoms with Crippen LogP contribution < -0.4 is 10.1 Å². The van der Waals surface area contributed by atoms with Crippen LogP contribution in [0.15, 0.2) is 24.3 Å². The second-order valence-electron chi connectivity index (χ2n) is 4.77.